The smallest absolute Gasteiger partial charge is 0.203 e. The number of nitrogens with one attached hydrogen (secondary N) is 1. The predicted octanol–water partition coefficient (Wildman–Crippen LogP) is 4.33. The topological polar surface area (TPSA) is 87.7 Å². The van der Waals surface area contributed by atoms with Crippen LogP contribution in [-0.4, -0.2) is 50.5 Å². The lowest BCUT2D eigenvalue weighted by molar-refractivity contribution is 0.324. The first-order valence-corrected chi connectivity index (χ1v) is 9.51. The van der Waals surface area contributed by atoms with Crippen molar-refractivity contribution in [3.8, 4) is 51.4 Å². The molecule has 2 aromatic heterocycles. The second-order valence-corrected chi connectivity index (χ2v) is 6.62. The van der Waals surface area contributed by atoms with Gasteiger partial charge in [0.2, 0.25) is 5.75 Å². The summed E-state index contributed by atoms with van der Waals surface area (Å²) in [6.45, 7) is 0. The summed E-state index contributed by atoms with van der Waals surface area (Å²) in [5.74, 6) is 3.53. The Bertz CT molecular complexity index is 1170. The minimum absolute atomic E-state index is 0.522. The Morgan fingerprint density at radius 3 is 2.00 bits per heavy atom. The molecule has 0 bridgehead atoms. The minimum atomic E-state index is 0.522. The monoisotopic (exact) mass is 421 g/mol. The molecule has 0 spiro atoms. The van der Waals surface area contributed by atoms with E-state index in [1.165, 1.54) is 0 Å². The number of imidazole rings is 1. The van der Waals surface area contributed by atoms with E-state index in [4.69, 9.17) is 28.7 Å². The molecule has 8 nitrogen and oxygen atoms in total. The summed E-state index contributed by atoms with van der Waals surface area (Å²) in [5.41, 5.74) is 3.94. The van der Waals surface area contributed by atoms with Crippen molar-refractivity contribution < 1.29 is 23.7 Å². The number of aromatic amines is 1. The summed E-state index contributed by atoms with van der Waals surface area (Å²) in [5, 5.41) is 0. The highest BCUT2D eigenvalue weighted by Gasteiger charge is 2.19. The maximum absolute atomic E-state index is 5.50. The number of rotatable bonds is 7. The first-order valence-electron chi connectivity index (χ1n) is 9.51. The molecule has 0 saturated carbocycles. The van der Waals surface area contributed by atoms with Gasteiger partial charge in [-0.15, -0.1) is 0 Å². The zero-order valence-corrected chi connectivity index (χ0v) is 18.0. The molecule has 0 atom stereocenters. The SMILES string of the molecule is COc1cc2nc(-c3cccnc3-c3cc(OC)c(OC)c(OC)c3)[nH]c2cc1OC. The Balaban J connectivity index is 1.89. The molecule has 0 aliphatic rings. The van der Waals surface area contributed by atoms with Gasteiger partial charge in [0.1, 0.15) is 5.82 Å². The summed E-state index contributed by atoms with van der Waals surface area (Å²) < 4.78 is 27.2. The molecule has 8 heteroatoms. The van der Waals surface area contributed by atoms with Crippen LogP contribution in [0.2, 0.25) is 0 Å². The fourth-order valence-corrected chi connectivity index (χ4v) is 3.51. The van der Waals surface area contributed by atoms with Crippen LogP contribution in [0.1, 0.15) is 0 Å². The van der Waals surface area contributed by atoms with Gasteiger partial charge in [0.25, 0.3) is 0 Å². The van der Waals surface area contributed by atoms with Crippen molar-refractivity contribution in [1.29, 1.82) is 0 Å². The van der Waals surface area contributed by atoms with Gasteiger partial charge in [0.15, 0.2) is 23.0 Å². The first kappa shape index (κ1) is 20.3. The molecular weight excluding hydrogens is 398 g/mol. The standard InChI is InChI=1S/C23H23N3O5/c1-27-17-11-15-16(12-18(17)28-2)26-23(25-15)14-7-6-8-24-21(14)13-9-19(29-3)22(31-5)20(10-13)30-4/h6-12H,1-5H3,(H,25,26). The van der Waals surface area contributed by atoms with Gasteiger partial charge in [-0.1, -0.05) is 0 Å². The van der Waals surface area contributed by atoms with Gasteiger partial charge in [-0.25, -0.2) is 4.98 Å². The summed E-state index contributed by atoms with van der Waals surface area (Å²) in [6.07, 6.45) is 1.73. The Morgan fingerprint density at radius 2 is 1.39 bits per heavy atom. The number of H-pyrrole nitrogens is 1. The number of fused-ring (bicyclic) bond motifs is 1. The summed E-state index contributed by atoms with van der Waals surface area (Å²) in [7, 11) is 7.94. The number of methoxy groups -OCH3 is 5. The maximum Gasteiger partial charge on any atom is 0.203 e. The lowest BCUT2D eigenvalue weighted by Gasteiger charge is -2.15. The van der Waals surface area contributed by atoms with Crippen LogP contribution in [0.5, 0.6) is 28.7 Å². The van der Waals surface area contributed by atoms with Gasteiger partial charge in [-0.3, -0.25) is 4.98 Å². The zero-order chi connectivity index (χ0) is 22.0. The molecule has 4 aromatic rings. The first-order chi connectivity index (χ1) is 15.1. The molecule has 4 rings (SSSR count). The average Bonchev–Trinajstić information content (AvgIpc) is 3.24. The molecule has 0 aliphatic carbocycles. The van der Waals surface area contributed by atoms with E-state index in [1.54, 1.807) is 41.7 Å². The molecule has 0 saturated heterocycles. The number of nitrogens with zero attached hydrogens (tertiary/aromatic N) is 2. The van der Waals surface area contributed by atoms with E-state index in [2.05, 4.69) is 9.97 Å². The van der Waals surface area contributed by atoms with Crippen LogP contribution >= 0.6 is 0 Å². The summed E-state index contributed by atoms with van der Waals surface area (Å²) >= 11 is 0. The lowest BCUT2D eigenvalue weighted by atomic mass is 10.0. The average molecular weight is 421 g/mol. The minimum Gasteiger partial charge on any atom is -0.493 e. The Morgan fingerprint density at radius 1 is 0.742 bits per heavy atom. The van der Waals surface area contributed by atoms with E-state index in [0.29, 0.717) is 34.6 Å². The third-order valence-corrected chi connectivity index (χ3v) is 4.99. The van der Waals surface area contributed by atoms with Crippen LogP contribution in [0.3, 0.4) is 0 Å². The summed E-state index contributed by atoms with van der Waals surface area (Å²) in [6, 6.07) is 11.2. The molecule has 2 heterocycles. The number of pyridine rings is 1. The highest BCUT2D eigenvalue weighted by molar-refractivity contribution is 5.87. The molecule has 0 fully saturated rings. The van der Waals surface area contributed by atoms with Crippen molar-refractivity contribution in [3.05, 3.63) is 42.6 Å². The van der Waals surface area contributed by atoms with Crippen LogP contribution in [0.25, 0.3) is 33.7 Å². The van der Waals surface area contributed by atoms with E-state index in [1.807, 2.05) is 36.4 Å². The van der Waals surface area contributed by atoms with E-state index < -0.39 is 0 Å². The van der Waals surface area contributed by atoms with Crippen LogP contribution in [0.15, 0.2) is 42.6 Å². The van der Waals surface area contributed by atoms with E-state index in [-0.39, 0.29) is 0 Å². The van der Waals surface area contributed by atoms with E-state index in [9.17, 15) is 0 Å². The molecule has 0 radical (unpaired) electrons. The van der Waals surface area contributed by atoms with Crippen LogP contribution < -0.4 is 23.7 Å². The quantitative estimate of drug-likeness (QED) is 0.475. The second-order valence-electron chi connectivity index (χ2n) is 6.62. The molecule has 2 aromatic carbocycles. The Labute approximate surface area is 179 Å². The molecule has 0 aliphatic heterocycles. The van der Waals surface area contributed by atoms with Gasteiger partial charge in [0, 0.05) is 29.5 Å². The number of benzene rings is 2. The Kier molecular flexibility index (Phi) is 5.53. The highest BCUT2D eigenvalue weighted by atomic mass is 16.5. The predicted molar refractivity (Wildman–Crippen MR) is 118 cm³/mol. The number of hydrogen-bond acceptors (Lipinski definition) is 7. The van der Waals surface area contributed by atoms with Crippen molar-refractivity contribution in [1.82, 2.24) is 15.0 Å². The second kappa shape index (κ2) is 8.43. The van der Waals surface area contributed by atoms with Crippen molar-refractivity contribution in [2.75, 3.05) is 35.5 Å². The fourth-order valence-electron chi connectivity index (χ4n) is 3.51. The highest BCUT2D eigenvalue weighted by Crippen LogP contribution is 2.42. The molecule has 0 amide bonds. The molecule has 160 valence electrons. The number of aromatic nitrogens is 3. The normalized spacial score (nSPS) is 10.7. The van der Waals surface area contributed by atoms with Crippen molar-refractivity contribution >= 4 is 11.0 Å². The molecule has 31 heavy (non-hydrogen) atoms. The van der Waals surface area contributed by atoms with Crippen LogP contribution in [-0.2, 0) is 0 Å². The summed E-state index contributed by atoms with van der Waals surface area (Å²) in [4.78, 5) is 12.7. The van der Waals surface area contributed by atoms with Crippen LogP contribution in [0, 0.1) is 0 Å². The van der Waals surface area contributed by atoms with Crippen molar-refractivity contribution in [2.45, 2.75) is 0 Å². The number of hydrogen-bond donors (Lipinski definition) is 1. The van der Waals surface area contributed by atoms with Gasteiger partial charge in [-0.05, 0) is 24.3 Å². The molecule has 0 unspecified atom stereocenters. The Hall–Kier alpha value is -3.94. The third kappa shape index (κ3) is 3.56. The van der Waals surface area contributed by atoms with Gasteiger partial charge >= 0.3 is 0 Å². The van der Waals surface area contributed by atoms with E-state index in [0.717, 1.165) is 27.9 Å². The van der Waals surface area contributed by atoms with Crippen molar-refractivity contribution in [2.24, 2.45) is 0 Å². The fraction of sp³-hybridized carbons (Fsp3) is 0.217. The lowest BCUT2D eigenvalue weighted by Crippen LogP contribution is -1.97. The number of ether oxygens (including phenoxy) is 5. The zero-order valence-electron chi connectivity index (χ0n) is 18.0. The van der Waals surface area contributed by atoms with Crippen LogP contribution in [0.4, 0.5) is 0 Å². The van der Waals surface area contributed by atoms with Crippen molar-refractivity contribution in [3.63, 3.8) is 0 Å². The largest absolute Gasteiger partial charge is 0.493 e. The third-order valence-electron chi connectivity index (χ3n) is 4.99. The van der Waals surface area contributed by atoms with Gasteiger partial charge in [0.05, 0.1) is 52.3 Å². The van der Waals surface area contributed by atoms with E-state index >= 15 is 0 Å². The maximum atomic E-state index is 5.50. The van der Waals surface area contributed by atoms with Gasteiger partial charge < -0.3 is 28.7 Å². The van der Waals surface area contributed by atoms with Gasteiger partial charge in [-0.2, -0.15) is 0 Å². The molecular formula is C23H23N3O5. The molecule has 1 N–H and O–H groups in total.